The summed E-state index contributed by atoms with van der Waals surface area (Å²) in [5.74, 6) is -0.197. The zero-order valence-corrected chi connectivity index (χ0v) is 22.3. The van der Waals surface area contributed by atoms with Crippen LogP contribution in [0, 0.1) is 26.1 Å². The molecule has 1 aromatic rings. The molecule has 2 N–H and O–H groups in total. The lowest BCUT2D eigenvalue weighted by Crippen LogP contribution is -2.43. The van der Waals surface area contributed by atoms with Crippen molar-refractivity contribution < 1.29 is 37.7 Å². The Morgan fingerprint density at radius 1 is 1.16 bits per heavy atom. The van der Waals surface area contributed by atoms with Gasteiger partial charge in [0.2, 0.25) is 10.0 Å². The molecule has 38 heavy (non-hydrogen) atoms. The van der Waals surface area contributed by atoms with Crippen LogP contribution in [0.4, 0.5) is 21.0 Å². The second-order valence-corrected chi connectivity index (χ2v) is 11.8. The number of sulfonamides is 1. The highest BCUT2D eigenvalue weighted by Gasteiger charge is 2.35. The van der Waals surface area contributed by atoms with Crippen LogP contribution >= 0.6 is 0 Å². The number of unbranched alkanes of at least 4 members (excludes halogenated alkanes) is 1. The Hall–Kier alpha value is -3.53. The summed E-state index contributed by atoms with van der Waals surface area (Å²) < 4.78 is 33.4. The topological polar surface area (TPSA) is 203 Å². The predicted octanol–water partition coefficient (Wildman–Crippen LogP) is 3.19. The Bertz CT molecular complexity index is 1140. The van der Waals surface area contributed by atoms with Gasteiger partial charge in [0, 0.05) is 38.8 Å². The van der Waals surface area contributed by atoms with Crippen LogP contribution in [-0.2, 0) is 14.8 Å². The molecular formula is C22H33N5O10S. The summed E-state index contributed by atoms with van der Waals surface area (Å²) >= 11 is 0. The van der Waals surface area contributed by atoms with Crippen LogP contribution in [0.15, 0.2) is 23.1 Å². The first-order chi connectivity index (χ1) is 17.6. The van der Waals surface area contributed by atoms with E-state index in [1.165, 1.54) is 4.90 Å². The molecule has 1 aliphatic rings. The van der Waals surface area contributed by atoms with Gasteiger partial charge < -0.3 is 20.1 Å². The van der Waals surface area contributed by atoms with Crippen molar-refractivity contribution in [3.05, 3.63) is 38.4 Å². The van der Waals surface area contributed by atoms with E-state index in [1.54, 1.807) is 20.8 Å². The number of carboxylic acid groups (broad SMARTS) is 1. The zero-order chi connectivity index (χ0) is 28.7. The Kier molecular flexibility index (Phi) is 10.4. The summed E-state index contributed by atoms with van der Waals surface area (Å²) in [4.78, 5) is 44.4. The number of ether oxygens (including phenoxy) is 1. The lowest BCUT2D eigenvalue weighted by molar-refractivity contribution is -0.396. The van der Waals surface area contributed by atoms with Crippen molar-refractivity contribution in [3.63, 3.8) is 0 Å². The third-order valence-electron chi connectivity index (χ3n) is 5.82. The average molecular weight is 560 g/mol. The number of hydrogen-bond donors (Lipinski definition) is 2. The Morgan fingerprint density at radius 3 is 2.32 bits per heavy atom. The van der Waals surface area contributed by atoms with Gasteiger partial charge in [-0.05, 0) is 58.4 Å². The molecule has 1 saturated heterocycles. The SMILES string of the molecule is CC(C)(C)OC(=O)NCCCCN(CC1CCN(C(=O)O)CC1)S(=O)(=O)c1ccc([N+](=O)[O-])cc1[N+](=O)[O-]. The van der Waals surface area contributed by atoms with E-state index in [9.17, 15) is 38.2 Å². The molecule has 0 saturated carbocycles. The number of rotatable bonds is 11. The van der Waals surface area contributed by atoms with Crippen LogP contribution in [0.5, 0.6) is 0 Å². The summed E-state index contributed by atoms with van der Waals surface area (Å²) in [5, 5.41) is 34.4. The van der Waals surface area contributed by atoms with Crippen molar-refractivity contribution in [1.29, 1.82) is 0 Å². The minimum atomic E-state index is -4.45. The number of benzene rings is 1. The molecule has 0 aromatic heterocycles. The number of likely N-dealkylation sites (tertiary alicyclic amines) is 1. The second-order valence-electron chi connectivity index (χ2n) is 9.88. The first-order valence-corrected chi connectivity index (χ1v) is 13.4. The molecule has 0 atom stereocenters. The van der Waals surface area contributed by atoms with Crippen molar-refractivity contribution in [3.8, 4) is 0 Å². The predicted molar refractivity (Wildman–Crippen MR) is 134 cm³/mol. The molecule has 0 unspecified atom stereocenters. The minimum absolute atomic E-state index is 0.0105. The lowest BCUT2D eigenvalue weighted by atomic mass is 9.97. The number of amides is 2. The van der Waals surface area contributed by atoms with Gasteiger partial charge in [-0.2, -0.15) is 4.31 Å². The van der Waals surface area contributed by atoms with E-state index >= 15 is 0 Å². The third kappa shape index (κ3) is 8.79. The van der Waals surface area contributed by atoms with E-state index < -0.39 is 53.9 Å². The summed E-state index contributed by atoms with van der Waals surface area (Å²) in [6, 6.07) is 2.37. The van der Waals surface area contributed by atoms with Gasteiger partial charge in [0.05, 0.1) is 15.9 Å². The normalized spacial score (nSPS) is 14.8. The van der Waals surface area contributed by atoms with Crippen LogP contribution in [0.25, 0.3) is 0 Å². The molecule has 2 rings (SSSR count). The number of nitrogens with one attached hydrogen (secondary N) is 1. The average Bonchev–Trinajstić information content (AvgIpc) is 2.81. The highest BCUT2D eigenvalue weighted by Crippen LogP contribution is 2.32. The van der Waals surface area contributed by atoms with E-state index in [-0.39, 0.29) is 38.6 Å². The van der Waals surface area contributed by atoms with Crippen LogP contribution in [0.3, 0.4) is 0 Å². The van der Waals surface area contributed by atoms with E-state index in [2.05, 4.69) is 5.32 Å². The monoisotopic (exact) mass is 559 g/mol. The number of piperidine rings is 1. The van der Waals surface area contributed by atoms with E-state index in [0.717, 1.165) is 16.4 Å². The number of hydrogen-bond acceptors (Lipinski definition) is 9. The quantitative estimate of drug-likeness (QED) is 0.230. The Balaban J connectivity index is 2.20. The minimum Gasteiger partial charge on any atom is -0.465 e. The molecule has 1 aromatic carbocycles. The maximum Gasteiger partial charge on any atom is 0.407 e. The van der Waals surface area contributed by atoms with Gasteiger partial charge in [0.25, 0.3) is 11.4 Å². The number of carbonyl (C=O) groups excluding carboxylic acids is 1. The maximum absolute atomic E-state index is 13.6. The van der Waals surface area contributed by atoms with Crippen molar-refractivity contribution >= 4 is 33.6 Å². The van der Waals surface area contributed by atoms with Gasteiger partial charge in [-0.3, -0.25) is 20.2 Å². The fourth-order valence-corrected chi connectivity index (χ4v) is 5.63. The van der Waals surface area contributed by atoms with Gasteiger partial charge in [0.15, 0.2) is 4.90 Å². The van der Waals surface area contributed by atoms with Crippen molar-refractivity contribution in [2.45, 2.75) is 57.0 Å². The molecule has 2 amide bonds. The molecule has 16 heteroatoms. The fourth-order valence-electron chi connectivity index (χ4n) is 3.94. The standard InChI is InChI=1S/C22H33N5O10S/c1-22(2,3)37-20(28)23-10-4-5-11-25(15-16-8-12-24(13-9-16)21(29)30)38(35,36)19-7-6-17(26(31)32)14-18(19)27(33)34/h6-7,14,16H,4-5,8-13,15H2,1-3H3,(H,23,28)(H,29,30). The van der Waals surface area contributed by atoms with E-state index in [1.807, 2.05) is 0 Å². The third-order valence-corrected chi connectivity index (χ3v) is 7.73. The van der Waals surface area contributed by atoms with E-state index in [0.29, 0.717) is 31.7 Å². The van der Waals surface area contributed by atoms with Crippen LogP contribution < -0.4 is 5.32 Å². The van der Waals surface area contributed by atoms with Crippen molar-refractivity contribution in [2.24, 2.45) is 5.92 Å². The Labute approximate surface area is 220 Å². The number of alkyl carbamates (subject to hydrolysis) is 1. The van der Waals surface area contributed by atoms with Gasteiger partial charge in [-0.25, -0.2) is 18.0 Å². The molecule has 0 spiro atoms. The van der Waals surface area contributed by atoms with Gasteiger partial charge >= 0.3 is 12.2 Å². The first kappa shape index (κ1) is 30.7. The van der Waals surface area contributed by atoms with Gasteiger partial charge in [-0.15, -0.1) is 0 Å². The lowest BCUT2D eigenvalue weighted by Gasteiger charge is -2.33. The largest absolute Gasteiger partial charge is 0.465 e. The molecule has 1 aliphatic heterocycles. The highest BCUT2D eigenvalue weighted by atomic mass is 32.2. The molecule has 15 nitrogen and oxygen atoms in total. The smallest absolute Gasteiger partial charge is 0.407 e. The zero-order valence-electron chi connectivity index (χ0n) is 21.5. The van der Waals surface area contributed by atoms with Crippen molar-refractivity contribution in [2.75, 3.05) is 32.7 Å². The number of carbonyl (C=O) groups is 2. The summed E-state index contributed by atoms with van der Waals surface area (Å²) in [6.07, 6.45) is -0.197. The summed E-state index contributed by atoms with van der Waals surface area (Å²) in [6.45, 7) is 5.76. The number of non-ortho nitro benzene ring substituents is 1. The van der Waals surface area contributed by atoms with E-state index in [4.69, 9.17) is 9.84 Å². The summed E-state index contributed by atoms with van der Waals surface area (Å²) in [5.41, 5.74) is -2.20. The highest BCUT2D eigenvalue weighted by molar-refractivity contribution is 7.89. The van der Waals surface area contributed by atoms with Crippen LogP contribution in [0.2, 0.25) is 0 Å². The molecular weight excluding hydrogens is 526 g/mol. The molecule has 1 heterocycles. The number of nitrogens with zero attached hydrogens (tertiary/aromatic N) is 4. The van der Waals surface area contributed by atoms with Gasteiger partial charge in [-0.1, -0.05) is 0 Å². The molecule has 0 aliphatic carbocycles. The molecule has 0 bridgehead atoms. The van der Waals surface area contributed by atoms with Crippen LogP contribution in [-0.4, -0.2) is 83.1 Å². The van der Waals surface area contributed by atoms with Crippen LogP contribution in [0.1, 0.15) is 46.5 Å². The molecule has 1 fully saturated rings. The molecule has 212 valence electrons. The fraction of sp³-hybridized carbons (Fsp3) is 0.636. The summed E-state index contributed by atoms with van der Waals surface area (Å²) in [7, 11) is -4.45. The maximum atomic E-state index is 13.6. The number of nitro benzene ring substituents is 2. The second kappa shape index (κ2) is 12.8. The number of nitro groups is 2. The first-order valence-electron chi connectivity index (χ1n) is 12.0. The Morgan fingerprint density at radius 2 is 1.79 bits per heavy atom. The molecule has 0 radical (unpaired) electrons. The van der Waals surface area contributed by atoms with Gasteiger partial charge in [0.1, 0.15) is 5.60 Å². The van der Waals surface area contributed by atoms with Crippen molar-refractivity contribution in [1.82, 2.24) is 14.5 Å².